The molecule has 2 rings (SSSR count). The van der Waals surface area contributed by atoms with Crippen LogP contribution in [0.4, 0.5) is 11.4 Å². The van der Waals surface area contributed by atoms with Crippen LogP contribution in [0, 0.1) is 6.92 Å². The van der Waals surface area contributed by atoms with Crippen LogP contribution >= 0.6 is 15.9 Å². The average Bonchev–Trinajstić information content (AvgIpc) is 2.47. The van der Waals surface area contributed by atoms with Crippen molar-refractivity contribution in [1.29, 1.82) is 0 Å². The number of carbonyl (C=O) groups excluding carboxylic acids is 1. The summed E-state index contributed by atoms with van der Waals surface area (Å²) >= 11 is 3.37. The summed E-state index contributed by atoms with van der Waals surface area (Å²) in [6.07, 6.45) is 1.48. The summed E-state index contributed by atoms with van der Waals surface area (Å²) in [6, 6.07) is 6.97. The van der Waals surface area contributed by atoms with Crippen molar-refractivity contribution in [3.05, 3.63) is 46.2 Å². The fraction of sp³-hybridized carbons (Fsp3) is 0.143. The molecule has 0 spiro atoms. The molecular weight excluding hydrogens is 336 g/mol. The quantitative estimate of drug-likeness (QED) is 0.582. The first-order chi connectivity index (χ1) is 10.0. The molecule has 2 aromatic rings. The Morgan fingerprint density at radius 2 is 2.14 bits per heavy atom. The molecule has 1 aromatic carbocycles. The molecule has 7 heteroatoms. The number of carbonyl (C=O) groups is 1. The van der Waals surface area contributed by atoms with Gasteiger partial charge in [-0.2, -0.15) is 0 Å². The molecule has 6 nitrogen and oxygen atoms in total. The number of rotatable bonds is 4. The molecule has 1 amide bonds. The van der Waals surface area contributed by atoms with Gasteiger partial charge in [0, 0.05) is 17.6 Å². The van der Waals surface area contributed by atoms with E-state index in [4.69, 9.17) is 10.6 Å². The second-order valence-corrected chi connectivity index (χ2v) is 5.17. The van der Waals surface area contributed by atoms with Gasteiger partial charge in [0.25, 0.3) is 5.91 Å². The van der Waals surface area contributed by atoms with E-state index in [0.717, 1.165) is 10.2 Å². The van der Waals surface area contributed by atoms with Crippen molar-refractivity contribution in [2.24, 2.45) is 5.84 Å². The number of ether oxygens (including phenoxy) is 1. The predicted molar refractivity (Wildman–Crippen MR) is 85.4 cm³/mol. The maximum atomic E-state index is 12.3. The largest absolute Gasteiger partial charge is 0.496 e. The van der Waals surface area contributed by atoms with Gasteiger partial charge >= 0.3 is 0 Å². The lowest BCUT2D eigenvalue weighted by Crippen LogP contribution is -2.18. The van der Waals surface area contributed by atoms with Crippen molar-refractivity contribution in [2.75, 3.05) is 17.9 Å². The number of hydrogen-bond donors (Lipinski definition) is 3. The van der Waals surface area contributed by atoms with Gasteiger partial charge in [0.15, 0.2) is 0 Å². The second-order valence-electron chi connectivity index (χ2n) is 4.32. The molecule has 0 aliphatic heterocycles. The normalized spacial score (nSPS) is 10.1. The Bertz CT molecular complexity index is 676. The summed E-state index contributed by atoms with van der Waals surface area (Å²) in [5, 5.41) is 2.78. The van der Waals surface area contributed by atoms with Gasteiger partial charge in [0.05, 0.1) is 22.8 Å². The number of amides is 1. The summed E-state index contributed by atoms with van der Waals surface area (Å²) in [7, 11) is 1.58. The molecule has 0 radical (unpaired) electrons. The van der Waals surface area contributed by atoms with E-state index in [0.29, 0.717) is 22.7 Å². The topological polar surface area (TPSA) is 89.3 Å². The molecule has 0 unspecified atom stereocenters. The van der Waals surface area contributed by atoms with Crippen molar-refractivity contribution < 1.29 is 9.53 Å². The van der Waals surface area contributed by atoms with E-state index in [9.17, 15) is 4.79 Å². The molecule has 110 valence electrons. The number of halogens is 1. The van der Waals surface area contributed by atoms with Crippen molar-refractivity contribution in [3.8, 4) is 5.75 Å². The van der Waals surface area contributed by atoms with Crippen molar-refractivity contribution >= 4 is 33.2 Å². The van der Waals surface area contributed by atoms with Crippen LogP contribution in [-0.2, 0) is 0 Å². The van der Waals surface area contributed by atoms with E-state index < -0.39 is 0 Å². The fourth-order valence-corrected chi connectivity index (χ4v) is 2.34. The number of benzene rings is 1. The van der Waals surface area contributed by atoms with Crippen LogP contribution in [0.25, 0.3) is 0 Å². The number of nitrogens with two attached hydrogens (primary N) is 1. The Kier molecular flexibility index (Phi) is 4.77. The SMILES string of the molecule is COc1ccc(NC(=O)c2cnc(C)cc2NN)cc1Br. The summed E-state index contributed by atoms with van der Waals surface area (Å²) < 4.78 is 5.90. The van der Waals surface area contributed by atoms with E-state index in [1.165, 1.54) is 6.20 Å². The van der Waals surface area contributed by atoms with Crippen molar-refractivity contribution in [2.45, 2.75) is 6.92 Å². The Morgan fingerprint density at radius 1 is 1.38 bits per heavy atom. The van der Waals surface area contributed by atoms with E-state index in [2.05, 4.69) is 31.7 Å². The molecule has 21 heavy (non-hydrogen) atoms. The van der Waals surface area contributed by atoms with E-state index in [-0.39, 0.29) is 5.91 Å². The molecule has 4 N–H and O–H groups in total. The molecule has 0 fully saturated rings. The summed E-state index contributed by atoms with van der Waals surface area (Å²) in [5.41, 5.74) is 4.80. The first-order valence-corrected chi connectivity index (χ1v) is 6.92. The predicted octanol–water partition coefficient (Wildman–Crippen LogP) is 2.70. The maximum absolute atomic E-state index is 12.3. The third-order valence-corrected chi connectivity index (χ3v) is 3.47. The van der Waals surface area contributed by atoms with Crippen LogP contribution in [0.5, 0.6) is 5.75 Å². The van der Waals surface area contributed by atoms with Crippen LogP contribution in [0.1, 0.15) is 16.1 Å². The van der Waals surface area contributed by atoms with Crippen LogP contribution in [0.2, 0.25) is 0 Å². The summed E-state index contributed by atoms with van der Waals surface area (Å²) in [4.78, 5) is 16.4. The third-order valence-electron chi connectivity index (χ3n) is 2.85. The lowest BCUT2D eigenvalue weighted by Gasteiger charge is -2.11. The number of aromatic nitrogens is 1. The van der Waals surface area contributed by atoms with E-state index >= 15 is 0 Å². The van der Waals surface area contributed by atoms with Crippen LogP contribution < -0.4 is 21.3 Å². The molecule has 0 bridgehead atoms. The Labute approximate surface area is 130 Å². The fourth-order valence-electron chi connectivity index (χ4n) is 1.80. The second kappa shape index (κ2) is 6.55. The van der Waals surface area contributed by atoms with Gasteiger partial charge in [0.1, 0.15) is 5.75 Å². The number of anilines is 2. The van der Waals surface area contributed by atoms with Crippen molar-refractivity contribution in [3.63, 3.8) is 0 Å². The smallest absolute Gasteiger partial charge is 0.259 e. The number of hydrogen-bond acceptors (Lipinski definition) is 5. The van der Waals surface area contributed by atoms with Gasteiger partial charge in [-0.1, -0.05) is 0 Å². The number of nitrogen functional groups attached to an aromatic ring is 1. The highest BCUT2D eigenvalue weighted by Crippen LogP contribution is 2.28. The first-order valence-electron chi connectivity index (χ1n) is 6.13. The van der Waals surface area contributed by atoms with Gasteiger partial charge in [-0.3, -0.25) is 15.6 Å². The molecule has 0 saturated heterocycles. The lowest BCUT2D eigenvalue weighted by atomic mass is 10.2. The minimum absolute atomic E-state index is 0.299. The third kappa shape index (κ3) is 3.50. The minimum Gasteiger partial charge on any atom is -0.496 e. The van der Waals surface area contributed by atoms with Gasteiger partial charge in [-0.15, -0.1) is 0 Å². The number of nitrogens with zero attached hydrogens (tertiary/aromatic N) is 1. The molecule has 1 aromatic heterocycles. The molecule has 0 saturated carbocycles. The Morgan fingerprint density at radius 3 is 2.76 bits per heavy atom. The van der Waals surface area contributed by atoms with Crippen molar-refractivity contribution in [1.82, 2.24) is 4.98 Å². The lowest BCUT2D eigenvalue weighted by molar-refractivity contribution is 0.102. The standard InChI is InChI=1S/C14H15BrN4O2/c1-8-5-12(19-16)10(7-17-8)14(20)18-9-3-4-13(21-2)11(15)6-9/h3-7H,16H2,1-2H3,(H,17,19)(H,18,20). The van der Waals surface area contributed by atoms with Gasteiger partial charge in [0.2, 0.25) is 0 Å². The van der Waals surface area contributed by atoms with Gasteiger partial charge in [-0.25, -0.2) is 0 Å². The highest BCUT2D eigenvalue weighted by Gasteiger charge is 2.13. The van der Waals surface area contributed by atoms with Gasteiger partial charge in [-0.05, 0) is 47.1 Å². The Hall–Kier alpha value is -2.12. The number of hydrazine groups is 1. The molecular formula is C14H15BrN4O2. The molecule has 0 aliphatic rings. The van der Waals surface area contributed by atoms with Gasteiger partial charge < -0.3 is 15.5 Å². The monoisotopic (exact) mass is 350 g/mol. The van der Waals surface area contributed by atoms with E-state index in [1.807, 2.05) is 6.92 Å². The summed E-state index contributed by atoms with van der Waals surface area (Å²) in [6.45, 7) is 1.82. The summed E-state index contributed by atoms with van der Waals surface area (Å²) in [5.74, 6) is 5.82. The number of pyridine rings is 1. The number of nitrogens with one attached hydrogen (secondary N) is 2. The molecule has 0 aliphatic carbocycles. The minimum atomic E-state index is -0.299. The number of aryl methyl sites for hydroxylation is 1. The maximum Gasteiger partial charge on any atom is 0.259 e. The Balaban J connectivity index is 2.24. The zero-order valence-corrected chi connectivity index (χ0v) is 13.2. The first kappa shape index (κ1) is 15.3. The molecule has 0 atom stereocenters. The highest BCUT2D eigenvalue weighted by molar-refractivity contribution is 9.10. The van der Waals surface area contributed by atoms with E-state index in [1.54, 1.807) is 31.4 Å². The van der Waals surface area contributed by atoms with Crippen LogP contribution in [0.3, 0.4) is 0 Å². The molecule has 1 heterocycles. The van der Waals surface area contributed by atoms with Crippen LogP contribution in [-0.4, -0.2) is 18.0 Å². The highest BCUT2D eigenvalue weighted by atomic mass is 79.9. The zero-order valence-electron chi connectivity index (χ0n) is 11.6. The zero-order chi connectivity index (χ0) is 15.4. The van der Waals surface area contributed by atoms with Crippen LogP contribution in [0.15, 0.2) is 34.9 Å². The number of methoxy groups -OCH3 is 1. The average molecular weight is 351 g/mol.